The molecule has 0 bridgehead atoms. The number of hydrogen-bond donors (Lipinski definition) is 9. The summed E-state index contributed by atoms with van der Waals surface area (Å²) in [4.78, 5) is 30.9. The first kappa shape index (κ1) is 71.6. The SMILES string of the molecule is COC(COP(=O)(O)O[C@H](CO)COCCOCCOCCOc1c(C)c(C)c2c(c1C)CC[C@@](C)(CCCCCCCCCCCC(C)C)O2)C(CN1CNc2c1[nH]c(N)nc2=S)OP(OC)OCC1OC(n2cnc3c(=S)nc(N)[nH]c32)C(O)C1O. The minimum absolute atomic E-state index is 0.00478. The molecule has 0 aliphatic carbocycles. The van der Waals surface area contributed by atoms with Crippen molar-refractivity contribution in [3.05, 3.63) is 37.9 Å². The molecule has 0 amide bonds. The maximum atomic E-state index is 13.4. The van der Waals surface area contributed by atoms with E-state index in [1.54, 1.807) is 4.90 Å². The third-order valence-electron chi connectivity index (χ3n) is 16.1. The summed E-state index contributed by atoms with van der Waals surface area (Å²) in [5.41, 5.74) is 17.4. The molecule has 1 fully saturated rings. The number of hydrogen-bond acceptors (Lipinski definition) is 25. The third-order valence-corrected chi connectivity index (χ3v) is 18.8. The number of phosphoric acid groups is 1. The van der Waals surface area contributed by atoms with Crippen LogP contribution in [0.1, 0.15) is 126 Å². The number of aliphatic hydroxyl groups excluding tert-OH is 3. The number of nitrogens with one attached hydrogen (secondary N) is 3. The van der Waals surface area contributed by atoms with E-state index in [0.717, 1.165) is 53.4 Å². The fourth-order valence-electron chi connectivity index (χ4n) is 11.0. The summed E-state index contributed by atoms with van der Waals surface area (Å²) in [5, 5.41) is 35.4. The standard InChI is InChI=1S/C57H94N10O17P2S2/c1-35(2)18-16-14-12-10-9-11-13-15-17-20-57(6)21-19-40-38(5)48(36(3)37(4)49(40)82-57)78-27-26-76-23-22-75-24-25-77-30-39(29-68)84-86(71,72)80-32-42(73-7)41(28-66-33-60-44-50(66)62-55(58)64-52(44)87)83-85(74-8)79-31-43-46(69)47(70)54(81-43)67-34-61-45-51(67)63-56(59)65-53(45)88/h34-35,39,41-43,46-47,54,60,68-70H,9-33H2,1-8H3,(H,71,72)(H3,58,62,64,87)(H3,59,63,65,88)/t39-,41?,42?,43?,46?,47?,54?,57-,85?/m1/s1. The molecule has 8 unspecified atom stereocenters. The molecular formula is C57H94N10O17P2S2. The lowest BCUT2D eigenvalue weighted by Gasteiger charge is -2.38. The second-order valence-corrected chi connectivity index (χ2v) is 26.6. The zero-order chi connectivity index (χ0) is 63.5. The van der Waals surface area contributed by atoms with Gasteiger partial charge >= 0.3 is 16.4 Å². The highest BCUT2D eigenvalue weighted by molar-refractivity contribution is 7.71. The van der Waals surface area contributed by atoms with Gasteiger partial charge in [0.25, 0.3) is 0 Å². The summed E-state index contributed by atoms with van der Waals surface area (Å²) in [7, 11) is -4.53. The summed E-state index contributed by atoms with van der Waals surface area (Å²) in [6, 6.07) is 0. The number of nitrogens with two attached hydrogens (primary N) is 2. The Morgan fingerprint density at radius 1 is 0.864 bits per heavy atom. The number of phosphoric ester groups is 1. The molecule has 11 N–H and O–H groups in total. The minimum Gasteiger partial charge on any atom is -0.491 e. The molecule has 3 aromatic heterocycles. The van der Waals surface area contributed by atoms with Gasteiger partial charge in [-0.2, -0.15) is 0 Å². The van der Waals surface area contributed by atoms with Crippen LogP contribution in [-0.2, 0) is 57.3 Å². The lowest BCUT2D eigenvalue weighted by atomic mass is 9.84. The van der Waals surface area contributed by atoms with E-state index in [1.807, 2.05) is 0 Å². The summed E-state index contributed by atoms with van der Waals surface area (Å²) < 4.78 is 86.0. The minimum atomic E-state index is -4.89. The fourth-order valence-corrected chi connectivity index (χ4v) is 13.3. The zero-order valence-corrected chi connectivity index (χ0v) is 55.5. The van der Waals surface area contributed by atoms with Crippen molar-refractivity contribution in [3.8, 4) is 11.5 Å². The van der Waals surface area contributed by atoms with Crippen LogP contribution in [0.2, 0.25) is 0 Å². The molecule has 1 aromatic carbocycles. The van der Waals surface area contributed by atoms with Gasteiger partial charge in [0.05, 0.1) is 79.0 Å². The number of rotatable bonds is 41. The number of nitrogen functional groups attached to an aromatic ring is 2. The quantitative estimate of drug-likeness (QED) is 0.0114. The van der Waals surface area contributed by atoms with Gasteiger partial charge < -0.3 is 98.6 Å². The molecule has 0 spiro atoms. The maximum Gasteiger partial charge on any atom is 0.472 e. The summed E-state index contributed by atoms with van der Waals surface area (Å²) in [5.74, 6) is 3.28. The smallest absolute Gasteiger partial charge is 0.472 e. The molecule has 0 saturated carbocycles. The highest BCUT2D eigenvalue weighted by atomic mass is 32.1. The van der Waals surface area contributed by atoms with E-state index in [1.165, 1.54) is 94.9 Å². The Morgan fingerprint density at radius 3 is 2.20 bits per heavy atom. The van der Waals surface area contributed by atoms with Crippen molar-refractivity contribution in [2.24, 2.45) is 5.92 Å². The number of aromatic nitrogens is 6. The number of ether oxygens (including phenoxy) is 7. The first-order chi connectivity index (χ1) is 42.2. The molecule has 1 saturated heterocycles. The number of unbranched alkanes of at least 4 members (excludes halogenated alkanes) is 8. The number of aromatic amines is 2. The van der Waals surface area contributed by atoms with Gasteiger partial charge in [0.2, 0.25) is 0 Å². The average Bonchev–Trinajstić information content (AvgIpc) is 1.52. The van der Waals surface area contributed by atoms with Gasteiger partial charge in [-0.25, -0.2) is 19.5 Å². The van der Waals surface area contributed by atoms with Crippen molar-refractivity contribution >= 4 is 75.4 Å². The van der Waals surface area contributed by atoms with Crippen LogP contribution in [0.5, 0.6) is 11.5 Å². The molecule has 27 nitrogen and oxygen atoms in total. The predicted molar refractivity (Wildman–Crippen MR) is 338 cm³/mol. The third kappa shape index (κ3) is 20.1. The van der Waals surface area contributed by atoms with Crippen LogP contribution in [0, 0.1) is 36.0 Å². The second-order valence-electron chi connectivity index (χ2n) is 23.2. The summed E-state index contributed by atoms with van der Waals surface area (Å²) in [6.07, 6.45) is 9.09. The molecule has 3 aliphatic heterocycles. The zero-order valence-electron chi connectivity index (χ0n) is 52.1. The van der Waals surface area contributed by atoms with E-state index < -0.39 is 72.5 Å². The molecule has 31 heteroatoms. The topological polar surface area (TPSA) is 351 Å². The number of benzene rings is 1. The number of imidazole rings is 1. The van der Waals surface area contributed by atoms with Crippen molar-refractivity contribution in [2.75, 3.05) is 115 Å². The molecule has 88 heavy (non-hydrogen) atoms. The van der Waals surface area contributed by atoms with Crippen molar-refractivity contribution in [1.82, 2.24) is 29.5 Å². The molecule has 10 atom stereocenters. The van der Waals surface area contributed by atoms with Gasteiger partial charge in [-0.1, -0.05) is 96.1 Å². The lowest BCUT2D eigenvalue weighted by Crippen LogP contribution is -2.43. The first-order valence-corrected chi connectivity index (χ1v) is 33.8. The number of aliphatic hydroxyl groups is 3. The molecule has 3 aliphatic rings. The van der Waals surface area contributed by atoms with Gasteiger partial charge in [-0.15, -0.1) is 0 Å². The van der Waals surface area contributed by atoms with E-state index in [9.17, 15) is 24.8 Å². The highest BCUT2D eigenvalue weighted by Gasteiger charge is 2.45. The predicted octanol–water partition coefficient (Wildman–Crippen LogP) is 8.48. The van der Waals surface area contributed by atoms with Gasteiger partial charge in [0.15, 0.2) is 27.4 Å². The first-order valence-electron chi connectivity index (χ1n) is 30.4. The summed E-state index contributed by atoms with van der Waals surface area (Å²) >= 11 is 10.7. The van der Waals surface area contributed by atoms with Gasteiger partial charge in [-0.3, -0.25) is 13.6 Å². The van der Waals surface area contributed by atoms with E-state index >= 15 is 0 Å². The van der Waals surface area contributed by atoms with Crippen molar-refractivity contribution < 1.29 is 80.6 Å². The van der Waals surface area contributed by atoms with Gasteiger partial charge in [-0.05, 0) is 76.0 Å². The Kier molecular flexibility index (Phi) is 28.3. The van der Waals surface area contributed by atoms with E-state index in [0.29, 0.717) is 42.5 Å². The Hall–Kier alpha value is -3.81. The number of nitrogens with zero attached hydrogens (tertiary/aromatic N) is 5. The van der Waals surface area contributed by atoms with Crippen LogP contribution in [0.4, 0.5) is 23.4 Å². The number of fused-ring (bicyclic) bond motifs is 3. The average molecular weight is 1320 g/mol. The van der Waals surface area contributed by atoms with E-state index in [-0.39, 0.29) is 73.0 Å². The van der Waals surface area contributed by atoms with Crippen LogP contribution in [-0.4, -0.2) is 185 Å². The largest absolute Gasteiger partial charge is 0.491 e. The Labute approximate surface area is 527 Å². The number of anilines is 4. The number of H-pyrrole nitrogens is 2. The molecule has 7 rings (SSSR count). The van der Waals surface area contributed by atoms with E-state index in [4.69, 9.17) is 91.7 Å². The molecule has 6 heterocycles. The van der Waals surface area contributed by atoms with Crippen molar-refractivity contribution in [1.29, 1.82) is 0 Å². The summed E-state index contributed by atoms with van der Waals surface area (Å²) in [6.45, 7) is 13.2. The molecular weight excluding hydrogens is 1220 g/mol. The van der Waals surface area contributed by atoms with Gasteiger partial charge in [0, 0.05) is 19.8 Å². The number of methoxy groups -OCH3 is 1. The lowest BCUT2D eigenvalue weighted by molar-refractivity contribution is -0.0587. The second kappa shape index (κ2) is 34.7. The Balaban J connectivity index is 0.807. The van der Waals surface area contributed by atoms with Crippen LogP contribution < -0.4 is 31.2 Å². The van der Waals surface area contributed by atoms with E-state index in [2.05, 4.69) is 71.8 Å². The molecule has 496 valence electrons. The van der Waals surface area contributed by atoms with Crippen molar-refractivity contribution in [2.45, 2.75) is 173 Å². The normalized spacial score (nSPS) is 21.3. The van der Waals surface area contributed by atoms with Crippen LogP contribution in [0.15, 0.2) is 6.33 Å². The monoisotopic (exact) mass is 1320 g/mol. The highest BCUT2D eigenvalue weighted by Crippen LogP contribution is 2.48. The Bertz CT molecular complexity index is 3000. The maximum absolute atomic E-state index is 13.4. The van der Waals surface area contributed by atoms with Crippen LogP contribution in [0.3, 0.4) is 0 Å². The van der Waals surface area contributed by atoms with Gasteiger partial charge in [0.1, 0.15) is 83.0 Å². The van der Waals surface area contributed by atoms with Crippen LogP contribution in [0.25, 0.3) is 11.2 Å². The molecule has 4 aromatic rings. The molecule has 0 radical (unpaired) electrons. The van der Waals surface area contributed by atoms with Crippen molar-refractivity contribution in [3.63, 3.8) is 0 Å². The fraction of sp³-hybridized carbons (Fsp3) is 0.737. The van der Waals surface area contributed by atoms with Crippen LogP contribution >= 0.6 is 40.9 Å². The Morgan fingerprint density at radius 2 is 1.52 bits per heavy atom.